The molecule has 0 saturated carbocycles. The molecule has 5 rings (SSSR count). The fraction of sp³-hybridized carbons (Fsp3) is 0.217. The number of aromatic nitrogens is 6. The lowest BCUT2D eigenvalue weighted by molar-refractivity contribution is 0.122. The molecule has 1 saturated heterocycles. The van der Waals surface area contributed by atoms with Crippen LogP contribution in [0.3, 0.4) is 0 Å². The lowest BCUT2D eigenvalue weighted by Crippen LogP contribution is -2.37. The number of nitrogens with zero attached hydrogens (tertiary/aromatic N) is 9. The largest absolute Gasteiger partial charge is 0.378 e. The minimum atomic E-state index is -0.499. The van der Waals surface area contributed by atoms with Crippen molar-refractivity contribution in [2.75, 3.05) is 36.5 Å². The molecular weight excluding hydrogens is 487 g/mol. The first-order valence-corrected chi connectivity index (χ1v) is 11.4. The van der Waals surface area contributed by atoms with Crippen LogP contribution in [0.5, 0.6) is 0 Å². The molecule has 0 atom stereocenters. The monoisotopic (exact) mass is 506 g/mol. The van der Waals surface area contributed by atoms with E-state index in [2.05, 4.69) is 45.4 Å². The average Bonchev–Trinajstić information content (AvgIpc) is 2.91. The van der Waals surface area contributed by atoms with E-state index < -0.39 is 5.82 Å². The van der Waals surface area contributed by atoms with E-state index in [1.54, 1.807) is 23.2 Å². The second-order valence-electron chi connectivity index (χ2n) is 7.69. The summed E-state index contributed by atoms with van der Waals surface area (Å²) in [6.45, 7) is 2.38. The highest BCUT2D eigenvalue weighted by molar-refractivity contribution is 6.31. The predicted octanol–water partition coefficient (Wildman–Crippen LogP) is 4.38. The van der Waals surface area contributed by atoms with Crippen LogP contribution in [0.4, 0.5) is 27.5 Å². The molecule has 1 fully saturated rings. The minimum Gasteiger partial charge on any atom is -0.378 e. The number of pyridine rings is 1. The van der Waals surface area contributed by atoms with Crippen LogP contribution in [0.1, 0.15) is 5.69 Å². The number of rotatable bonds is 7. The van der Waals surface area contributed by atoms with Gasteiger partial charge >= 0.3 is 0 Å². The minimum absolute atomic E-state index is 0.0890. The number of hydrogen-bond acceptors (Lipinski definition) is 11. The predicted molar refractivity (Wildman–Crippen MR) is 131 cm³/mol. The van der Waals surface area contributed by atoms with Crippen molar-refractivity contribution >= 4 is 34.7 Å². The highest BCUT2D eigenvalue weighted by Gasteiger charge is 2.17. The van der Waals surface area contributed by atoms with Crippen LogP contribution >= 0.6 is 11.6 Å². The number of hydrogen-bond donors (Lipinski definition) is 1. The van der Waals surface area contributed by atoms with Crippen LogP contribution in [0.25, 0.3) is 11.4 Å². The third-order valence-electron chi connectivity index (χ3n) is 5.18. The summed E-state index contributed by atoms with van der Waals surface area (Å²) in [5.41, 5.74) is 2.97. The van der Waals surface area contributed by atoms with Crippen molar-refractivity contribution in [1.29, 1.82) is 0 Å². The Morgan fingerprint density at radius 2 is 1.83 bits per heavy atom. The molecular formula is C23H20ClFN10O. The second-order valence-corrected chi connectivity index (χ2v) is 8.13. The van der Waals surface area contributed by atoms with E-state index in [9.17, 15) is 4.39 Å². The zero-order valence-corrected chi connectivity index (χ0v) is 19.7. The SMILES string of the molecule is Fc1cnc(N=NCc2ccc(Nc3cc(Cl)cc(-c4ncncn4)c3)cn2)nc1N1CCOCC1. The van der Waals surface area contributed by atoms with E-state index in [1.807, 2.05) is 18.2 Å². The Hall–Kier alpha value is -4.16. The van der Waals surface area contributed by atoms with Crippen molar-refractivity contribution in [1.82, 2.24) is 29.9 Å². The number of nitrogens with one attached hydrogen (secondary N) is 1. The molecule has 0 radical (unpaired) electrons. The van der Waals surface area contributed by atoms with Gasteiger partial charge < -0.3 is 15.0 Å². The van der Waals surface area contributed by atoms with Gasteiger partial charge in [0.05, 0.1) is 37.0 Å². The zero-order valence-electron chi connectivity index (χ0n) is 18.9. The van der Waals surface area contributed by atoms with Gasteiger partial charge in [0.2, 0.25) is 0 Å². The van der Waals surface area contributed by atoms with Crippen LogP contribution in [0, 0.1) is 5.82 Å². The smallest absolute Gasteiger partial charge is 0.270 e. The molecule has 0 amide bonds. The summed E-state index contributed by atoms with van der Waals surface area (Å²) < 4.78 is 19.5. The molecule has 4 aromatic rings. The van der Waals surface area contributed by atoms with Crippen LogP contribution in [0.2, 0.25) is 5.02 Å². The summed E-state index contributed by atoms with van der Waals surface area (Å²) in [6.07, 6.45) is 5.65. The van der Waals surface area contributed by atoms with Crippen molar-refractivity contribution in [3.05, 3.63) is 71.9 Å². The van der Waals surface area contributed by atoms with Gasteiger partial charge in [-0.25, -0.2) is 24.3 Å². The number of benzene rings is 1. The van der Waals surface area contributed by atoms with Crippen molar-refractivity contribution in [3.63, 3.8) is 0 Å². The Labute approximate surface area is 210 Å². The molecule has 0 bridgehead atoms. The molecule has 1 aliphatic rings. The lowest BCUT2D eigenvalue weighted by Gasteiger charge is -2.27. The van der Waals surface area contributed by atoms with Crippen molar-refractivity contribution in [2.45, 2.75) is 6.54 Å². The molecule has 36 heavy (non-hydrogen) atoms. The number of halogens is 2. The van der Waals surface area contributed by atoms with Crippen LogP contribution in [0.15, 0.2) is 65.6 Å². The first-order chi connectivity index (χ1) is 17.6. The van der Waals surface area contributed by atoms with Crippen LogP contribution < -0.4 is 10.2 Å². The van der Waals surface area contributed by atoms with E-state index in [1.165, 1.54) is 12.7 Å². The third kappa shape index (κ3) is 5.90. The summed E-state index contributed by atoms with van der Waals surface area (Å²) in [4.78, 5) is 26.5. The van der Waals surface area contributed by atoms with E-state index in [0.29, 0.717) is 42.8 Å². The highest BCUT2D eigenvalue weighted by atomic mass is 35.5. The normalized spacial score (nSPS) is 13.8. The van der Waals surface area contributed by atoms with Gasteiger partial charge in [0.15, 0.2) is 17.5 Å². The molecule has 182 valence electrons. The number of anilines is 3. The first kappa shape index (κ1) is 23.6. The topological polar surface area (TPSA) is 127 Å². The number of azo groups is 1. The average molecular weight is 507 g/mol. The van der Waals surface area contributed by atoms with Crippen molar-refractivity contribution in [2.24, 2.45) is 10.2 Å². The Morgan fingerprint density at radius 1 is 1.00 bits per heavy atom. The van der Waals surface area contributed by atoms with Crippen molar-refractivity contribution < 1.29 is 9.13 Å². The standard InChI is InChI=1S/C23H20ClFN10O/c24-16-7-15(21-29-13-26-14-30-21)8-19(9-16)32-18-2-1-17(27-10-18)11-31-34-23-28-12-20(25)22(33-23)35-3-5-36-6-4-35/h1-2,7-10,12-14,32H,3-6,11H2. The quantitative estimate of drug-likeness (QED) is 0.363. The number of morpholine rings is 1. The first-order valence-electron chi connectivity index (χ1n) is 11.0. The fourth-order valence-electron chi connectivity index (χ4n) is 3.50. The molecule has 11 nitrogen and oxygen atoms in total. The molecule has 0 spiro atoms. The molecule has 0 unspecified atom stereocenters. The summed E-state index contributed by atoms with van der Waals surface area (Å²) in [5, 5.41) is 11.9. The summed E-state index contributed by atoms with van der Waals surface area (Å²) >= 11 is 6.27. The van der Waals surface area contributed by atoms with Crippen molar-refractivity contribution in [3.8, 4) is 11.4 Å². The van der Waals surface area contributed by atoms with Gasteiger partial charge in [0.25, 0.3) is 5.95 Å². The second kappa shape index (κ2) is 11.1. The third-order valence-corrected chi connectivity index (χ3v) is 5.40. The van der Waals surface area contributed by atoms with Gasteiger partial charge in [0.1, 0.15) is 19.2 Å². The maximum Gasteiger partial charge on any atom is 0.270 e. The number of ether oxygens (including phenoxy) is 1. The van der Waals surface area contributed by atoms with Gasteiger partial charge in [-0.05, 0) is 30.3 Å². The Kier molecular flexibility index (Phi) is 7.24. The maximum absolute atomic E-state index is 14.2. The molecule has 4 heterocycles. The van der Waals surface area contributed by atoms with Gasteiger partial charge in [-0.2, -0.15) is 10.1 Å². The summed E-state index contributed by atoms with van der Waals surface area (Å²) in [5.74, 6) is 0.318. The highest BCUT2D eigenvalue weighted by Crippen LogP contribution is 2.27. The molecule has 0 aliphatic carbocycles. The Bertz CT molecular complexity index is 1350. The van der Waals surface area contributed by atoms with Crippen LogP contribution in [-0.4, -0.2) is 56.2 Å². The summed E-state index contributed by atoms with van der Waals surface area (Å²) in [6, 6.07) is 9.15. The lowest BCUT2D eigenvalue weighted by atomic mass is 10.2. The van der Waals surface area contributed by atoms with Gasteiger partial charge in [-0.3, -0.25) is 4.98 Å². The van der Waals surface area contributed by atoms with E-state index in [-0.39, 0.29) is 18.3 Å². The molecule has 3 aromatic heterocycles. The fourth-order valence-corrected chi connectivity index (χ4v) is 3.74. The molecule has 1 aromatic carbocycles. The van der Waals surface area contributed by atoms with E-state index in [0.717, 1.165) is 23.1 Å². The zero-order chi connectivity index (χ0) is 24.7. The molecule has 1 aliphatic heterocycles. The van der Waals surface area contributed by atoms with Gasteiger partial charge in [0, 0.05) is 29.4 Å². The molecule has 1 N–H and O–H groups in total. The van der Waals surface area contributed by atoms with Gasteiger partial charge in [-0.15, -0.1) is 5.11 Å². The Balaban J connectivity index is 1.22. The van der Waals surface area contributed by atoms with E-state index in [4.69, 9.17) is 16.3 Å². The van der Waals surface area contributed by atoms with Gasteiger partial charge in [-0.1, -0.05) is 11.6 Å². The summed E-state index contributed by atoms with van der Waals surface area (Å²) in [7, 11) is 0. The molecule has 13 heteroatoms. The maximum atomic E-state index is 14.2. The van der Waals surface area contributed by atoms with E-state index >= 15 is 0 Å². The Morgan fingerprint density at radius 3 is 2.61 bits per heavy atom. The van der Waals surface area contributed by atoms with Crippen LogP contribution in [-0.2, 0) is 11.3 Å².